The third-order valence-electron chi connectivity index (χ3n) is 0. The average molecular weight is 167 g/mol. The van der Waals surface area contributed by atoms with Crippen molar-refractivity contribution >= 4 is 50.8 Å². The van der Waals surface area contributed by atoms with Gasteiger partial charge in [0.2, 0.25) is 0 Å². The molecule has 0 amide bonds. The molecule has 0 fully saturated rings. The van der Waals surface area contributed by atoms with Crippen molar-refractivity contribution in [2.75, 3.05) is 0 Å². The predicted octanol–water partition coefficient (Wildman–Crippen LogP) is -2.24. The van der Waals surface area contributed by atoms with E-state index in [0.29, 0.717) is 0 Å². The molecule has 0 aliphatic heterocycles. The van der Waals surface area contributed by atoms with E-state index in [1.165, 1.54) is 0 Å². The molecular weight excluding hydrogens is 163 g/mol. The second-order valence-electron chi connectivity index (χ2n) is 0.448. The molecule has 0 spiro atoms. The molecule has 4 N–H and O–H groups in total. The van der Waals surface area contributed by atoms with Crippen LogP contribution in [0.3, 0.4) is 0 Å². The molecule has 0 saturated carbocycles. The standard InChI is InChI=1S/Al.Mg.H2O4S.H2O/c;;1-5(2,3)4;/h;;(H2,1,2,3,4);1H2/q+3;+2;;. The molecule has 0 aromatic rings. The van der Waals surface area contributed by atoms with Gasteiger partial charge in [0.05, 0.1) is 0 Å². The largest absolute Gasteiger partial charge is 3.00 e. The van der Waals surface area contributed by atoms with Gasteiger partial charge in [-0.15, -0.1) is 0 Å². The van der Waals surface area contributed by atoms with Gasteiger partial charge in [-0.25, -0.2) is 0 Å². The van der Waals surface area contributed by atoms with Gasteiger partial charge in [0.15, 0.2) is 0 Å². The van der Waals surface area contributed by atoms with Gasteiger partial charge in [0.25, 0.3) is 0 Å². The number of hydrogen-bond acceptors (Lipinski definition) is 2. The molecule has 0 unspecified atom stereocenters. The van der Waals surface area contributed by atoms with E-state index in [1.54, 1.807) is 0 Å². The van der Waals surface area contributed by atoms with Crippen molar-refractivity contribution in [1.82, 2.24) is 0 Å². The van der Waals surface area contributed by atoms with Crippen molar-refractivity contribution < 1.29 is 23.0 Å². The third-order valence-corrected chi connectivity index (χ3v) is 0. The van der Waals surface area contributed by atoms with Crippen LogP contribution >= 0.6 is 0 Å². The molecule has 0 aromatic carbocycles. The van der Waals surface area contributed by atoms with Gasteiger partial charge in [-0.3, -0.25) is 9.11 Å². The van der Waals surface area contributed by atoms with Gasteiger partial charge < -0.3 is 5.48 Å². The quantitative estimate of drug-likeness (QED) is 0.314. The Labute approximate surface area is 73.6 Å². The summed E-state index contributed by atoms with van der Waals surface area (Å²) in [5.74, 6) is 0. The first-order chi connectivity index (χ1) is 2.00. The summed E-state index contributed by atoms with van der Waals surface area (Å²) in [5.41, 5.74) is 0. The van der Waals surface area contributed by atoms with Gasteiger partial charge in [-0.2, -0.15) is 8.42 Å². The van der Waals surface area contributed by atoms with Crippen LogP contribution in [0.1, 0.15) is 0 Å². The van der Waals surface area contributed by atoms with Crippen molar-refractivity contribution in [2.45, 2.75) is 0 Å². The Balaban J connectivity index is -0.0000000267. The Bertz CT molecular complexity index is 95.6. The molecule has 8 heteroatoms. The molecular formula is H4AlMgO5S+5. The molecule has 0 aromatic heterocycles. The second kappa shape index (κ2) is 8.13. The van der Waals surface area contributed by atoms with Crippen LogP contribution in [0.25, 0.3) is 0 Å². The maximum atomic E-state index is 8.74. The molecule has 0 radical (unpaired) electrons. The molecule has 5 nitrogen and oxygen atoms in total. The van der Waals surface area contributed by atoms with Crippen molar-refractivity contribution in [3.05, 3.63) is 0 Å². The van der Waals surface area contributed by atoms with Gasteiger partial charge >= 0.3 is 50.8 Å². The maximum Gasteiger partial charge on any atom is 3.00 e. The van der Waals surface area contributed by atoms with E-state index in [0.717, 1.165) is 0 Å². The maximum absolute atomic E-state index is 8.74. The Hall–Kier alpha value is 1.13. The van der Waals surface area contributed by atoms with Gasteiger partial charge in [-0.1, -0.05) is 0 Å². The first-order valence-corrected chi connectivity index (χ1v) is 2.10. The van der Waals surface area contributed by atoms with Crippen LogP contribution in [0.2, 0.25) is 0 Å². The fraction of sp³-hybridized carbons (Fsp3) is 0. The van der Waals surface area contributed by atoms with Crippen LogP contribution in [0, 0.1) is 0 Å². The van der Waals surface area contributed by atoms with Crippen LogP contribution in [0.15, 0.2) is 0 Å². The molecule has 0 saturated heterocycles. The zero-order chi connectivity index (χ0) is 4.50. The summed E-state index contributed by atoms with van der Waals surface area (Å²) in [5, 5.41) is 0. The molecule has 0 heterocycles. The van der Waals surface area contributed by atoms with Crippen molar-refractivity contribution in [3.8, 4) is 0 Å². The Kier molecular flexibility index (Phi) is 23.3. The van der Waals surface area contributed by atoms with Gasteiger partial charge in [0.1, 0.15) is 0 Å². The molecule has 0 atom stereocenters. The van der Waals surface area contributed by atoms with Crippen LogP contribution in [0.5, 0.6) is 0 Å². The van der Waals surface area contributed by atoms with Crippen LogP contribution in [-0.2, 0) is 10.4 Å². The molecule has 0 aliphatic rings. The SMILES string of the molecule is O.O=S(=O)(O)O.[Al+3].[Mg+2]. The van der Waals surface area contributed by atoms with Crippen LogP contribution in [-0.4, -0.2) is 63.4 Å². The van der Waals surface area contributed by atoms with E-state index in [2.05, 4.69) is 0 Å². The number of hydrogen-bond donors (Lipinski definition) is 2. The summed E-state index contributed by atoms with van der Waals surface area (Å²) in [6, 6.07) is 0. The van der Waals surface area contributed by atoms with E-state index in [1.807, 2.05) is 0 Å². The zero-order valence-corrected chi connectivity index (χ0v) is 7.29. The van der Waals surface area contributed by atoms with E-state index < -0.39 is 10.4 Å². The summed E-state index contributed by atoms with van der Waals surface area (Å²) < 4.78 is 31.6. The normalized spacial score (nSPS) is 7.25. The van der Waals surface area contributed by atoms with Crippen molar-refractivity contribution in [1.29, 1.82) is 0 Å². The molecule has 8 heavy (non-hydrogen) atoms. The summed E-state index contributed by atoms with van der Waals surface area (Å²) in [7, 11) is -4.67. The first kappa shape index (κ1) is 22.9. The van der Waals surface area contributed by atoms with E-state index in [4.69, 9.17) is 17.5 Å². The second-order valence-corrected chi connectivity index (χ2v) is 1.34. The summed E-state index contributed by atoms with van der Waals surface area (Å²) in [4.78, 5) is 0. The minimum atomic E-state index is -4.67. The van der Waals surface area contributed by atoms with Crippen LogP contribution < -0.4 is 0 Å². The summed E-state index contributed by atoms with van der Waals surface area (Å²) in [6.45, 7) is 0. The van der Waals surface area contributed by atoms with Crippen molar-refractivity contribution in [2.24, 2.45) is 0 Å². The molecule has 0 rings (SSSR count). The van der Waals surface area contributed by atoms with Gasteiger partial charge in [0, 0.05) is 0 Å². The zero-order valence-electron chi connectivity index (χ0n) is 3.90. The van der Waals surface area contributed by atoms with Crippen LogP contribution in [0.4, 0.5) is 0 Å². The van der Waals surface area contributed by atoms with Gasteiger partial charge in [-0.05, 0) is 0 Å². The summed E-state index contributed by atoms with van der Waals surface area (Å²) in [6.07, 6.45) is 0. The van der Waals surface area contributed by atoms with E-state index >= 15 is 0 Å². The molecule has 0 bridgehead atoms. The fourth-order valence-electron chi connectivity index (χ4n) is 0. The molecule has 40 valence electrons. The number of rotatable bonds is 0. The molecule has 0 aliphatic carbocycles. The predicted molar refractivity (Wildman–Crippen MR) is 29.3 cm³/mol. The fourth-order valence-corrected chi connectivity index (χ4v) is 0. The van der Waals surface area contributed by atoms with E-state index in [-0.39, 0.29) is 45.9 Å². The monoisotopic (exact) mass is 167 g/mol. The third kappa shape index (κ3) is 210. The first-order valence-electron chi connectivity index (χ1n) is 0.698. The Morgan fingerprint density at radius 2 is 1.12 bits per heavy atom. The smallest absolute Gasteiger partial charge is 0.412 e. The van der Waals surface area contributed by atoms with E-state index in [9.17, 15) is 0 Å². The Morgan fingerprint density at radius 1 is 1.12 bits per heavy atom. The minimum Gasteiger partial charge on any atom is -0.412 e. The summed E-state index contributed by atoms with van der Waals surface area (Å²) >= 11 is 0. The van der Waals surface area contributed by atoms with Crippen molar-refractivity contribution in [3.63, 3.8) is 0 Å². The minimum absolute atomic E-state index is 0. The average Bonchev–Trinajstić information content (AvgIpc) is 0.722. The topological polar surface area (TPSA) is 106 Å². The Morgan fingerprint density at radius 3 is 1.12 bits per heavy atom.